The van der Waals surface area contributed by atoms with Gasteiger partial charge in [0.1, 0.15) is 6.54 Å². The third kappa shape index (κ3) is 6.48. The van der Waals surface area contributed by atoms with Gasteiger partial charge in [0.15, 0.2) is 0 Å². The number of piperidine rings is 1. The molecular formula is C18H30ClN5O3. The van der Waals surface area contributed by atoms with Crippen LogP contribution < -0.4 is 10.6 Å². The smallest absolute Gasteiger partial charge is 0.244 e. The second-order valence-corrected chi connectivity index (χ2v) is 7.26. The number of hydrogen-bond donors (Lipinski definition) is 2. The quantitative estimate of drug-likeness (QED) is 0.748. The monoisotopic (exact) mass is 399 g/mol. The van der Waals surface area contributed by atoms with Gasteiger partial charge in [-0.05, 0) is 37.8 Å². The lowest BCUT2D eigenvalue weighted by Gasteiger charge is -2.27. The first kappa shape index (κ1) is 21.7. The normalized spacial score (nSPS) is 21.2. The van der Waals surface area contributed by atoms with Crippen molar-refractivity contribution in [1.29, 1.82) is 0 Å². The second-order valence-electron chi connectivity index (χ2n) is 7.26. The number of anilines is 1. The van der Waals surface area contributed by atoms with E-state index in [9.17, 15) is 9.59 Å². The number of rotatable bonds is 6. The first-order valence-corrected chi connectivity index (χ1v) is 9.50. The molecule has 0 aliphatic carbocycles. The number of ether oxygens (including phenoxy) is 1. The molecule has 27 heavy (non-hydrogen) atoms. The van der Waals surface area contributed by atoms with E-state index in [-0.39, 0.29) is 30.8 Å². The van der Waals surface area contributed by atoms with Crippen LogP contribution in [-0.2, 0) is 20.9 Å². The number of nitrogens with zero attached hydrogens (tertiary/aromatic N) is 3. The summed E-state index contributed by atoms with van der Waals surface area (Å²) in [6.07, 6.45) is 6.17. The van der Waals surface area contributed by atoms with Gasteiger partial charge in [0, 0.05) is 25.7 Å². The largest absolute Gasteiger partial charge is 0.378 e. The number of hydrogen-bond acceptors (Lipinski definition) is 5. The van der Waals surface area contributed by atoms with Gasteiger partial charge in [0.05, 0.1) is 25.1 Å². The number of nitrogens with one attached hydrogen (secondary N) is 2. The molecule has 3 heterocycles. The zero-order valence-electron chi connectivity index (χ0n) is 15.9. The van der Waals surface area contributed by atoms with E-state index in [1.165, 1.54) is 12.8 Å². The molecule has 8 nitrogen and oxygen atoms in total. The molecular weight excluding hydrogens is 370 g/mol. The summed E-state index contributed by atoms with van der Waals surface area (Å²) < 4.78 is 6.83. The lowest BCUT2D eigenvalue weighted by molar-refractivity contribution is -0.136. The molecule has 2 saturated heterocycles. The molecule has 0 bridgehead atoms. The lowest BCUT2D eigenvalue weighted by atomic mass is 9.85. The van der Waals surface area contributed by atoms with Crippen molar-refractivity contribution < 1.29 is 14.3 Å². The van der Waals surface area contributed by atoms with Crippen molar-refractivity contribution in [3.05, 3.63) is 12.4 Å². The molecule has 2 fully saturated rings. The van der Waals surface area contributed by atoms with Gasteiger partial charge in [-0.2, -0.15) is 5.10 Å². The predicted octanol–water partition coefficient (Wildman–Crippen LogP) is 1.13. The number of halogens is 1. The molecule has 2 atom stereocenters. The van der Waals surface area contributed by atoms with Gasteiger partial charge < -0.3 is 20.3 Å². The molecule has 0 spiro atoms. The van der Waals surface area contributed by atoms with Crippen LogP contribution >= 0.6 is 12.4 Å². The van der Waals surface area contributed by atoms with E-state index in [2.05, 4.69) is 22.7 Å². The summed E-state index contributed by atoms with van der Waals surface area (Å²) in [6, 6.07) is 0. The molecule has 2 unspecified atom stereocenters. The van der Waals surface area contributed by atoms with Crippen LogP contribution in [0.4, 0.5) is 5.69 Å². The van der Waals surface area contributed by atoms with Crippen LogP contribution in [0.2, 0.25) is 0 Å². The fourth-order valence-corrected chi connectivity index (χ4v) is 3.60. The van der Waals surface area contributed by atoms with Crippen molar-refractivity contribution in [2.45, 2.75) is 32.7 Å². The van der Waals surface area contributed by atoms with Gasteiger partial charge in [-0.3, -0.25) is 14.3 Å². The van der Waals surface area contributed by atoms with Crippen molar-refractivity contribution in [3.8, 4) is 0 Å². The molecule has 2 N–H and O–H groups in total. The maximum absolute atomic E-state index is 12.3. The van der Waals surface area contributed by atoms with Crippen LogP contribution in [0.3, 0.4) is 0 Å². The molecule has 9 heteroatoms. The van der Waals surface area contributed by atoms with E-state index in [1.54, 1.807) is 22.0 Å². The third-order valence-corrected chi connectivity index (χ3v) is 5.23. The summed E-state index contributed by atoms with van der Waals surface area (Å²) in [5, 5.41) is 10.5. The average Bonchev–Trinajstić information content (AvgIpc) is 3.09. The Bertz CT molecular complexity index is 612. The van der Waals surface area contributed by atoms with Gasteiger partial charge in [-0.1, -0.05) is 6.92 Å². The Morgan fingerprint density at radius 3 is 2.89 bits per heavy atom. The Morgan fingerprint density at radius 2 is 2.19 bits per heavy atom. The fourth-order valence-electron chi connectivity index (χ4n) is 3.60. The molecule has 152 valence electrons. The topological polar surface area (TPSA) is 88.5 Å². The van der Waals surface area contributed by atoms with Crippen molar-refractivity contribution in [3.63, 3.8) is 0 Å². The molecule has 0 aromatic carbocycles. The maximum atomic E-state index is 12.3. The highest BCUT2D eigenvalue weighted by Gasteiger charge is 2.22. The summed E-state index contributed by atoms with van der Waals surface area (Å²) in [7, 11) is 0. The first-order valence-electron chi connectivity index (χ1n) is 9.50. The van der Waals surface area contributed by atoms with Gasteiger partial charge in [-0.25, -0.2) is 0 Å². The Kier molecular flexibility index (Phi) is 8.53. The van der Waals surface area contributed by atoms with Crippen LogP contribution in [0.15, 0.2) is 12.4 Å². The minimum Gasteiger partial charge on any atom is -0.378 e. The standard InChI is InChI=1S/C18H29N5O3.ClH/c1-14(15-3-2-4-19-10-15)9-17(24)21-16-11-20-23(12-16)13-18(25)22-5-7-26-8-6-22;/h11-12,14-15,19H,2-10,13H2,1H3,(H,21,24);1H. The Morgan fingerprint density at radius 1 is 1.41 bits per heavy atom. The van der Waals surface area contributed by atoms with Gasteiger partial charge >= 0.3 is 0 Å². The van der Waals surface area contributed by atoms with Crippen LogP contribution in [0, 0.1) is 11.8 Å². The number of aromatic nitrogens is 2. The molecule has 0 saturated carbocycles. The van der Waals surface area contributed by atoms with E-state index in [1.807, 2.05) is 0 Å². The molecule has 1 aromatic rings. The number of carbonyl (C=O) groups is 2. The number of amides is 2. The highest BCUT2D eigenvalue weighted by atomic mass is 35.5. The molecule has 2 amide bonds. The Balaban J connectivity index is 0.00000261. The SMILES string of the molecule is CC(CC(=O)Nc1cnn(CC(=O)N2CCOCC2)c1)C1CCCNC1.Cl. The zero-order valence-corrected chi connectivity index (χ0v) is 16.7. The predicted molar refractivity (Wildman–Crippen MR) is 105 cm³/mol. The van der Waals surface area contributed by atoms with Crippen LogP contribution in [0.25, 0.3) is 0 Å². The summed E-state index contributed by atoms with van der Waals surface area (Å²) in [4.78, 5) is 26.3. The van der Waals surface area contributed by atoms with Crippen molar-refractivity contribution in [2.75, 3.05) is 44.7 Å². The summed E-state index contributed by atoms with van der Waals surface area (Å²) in [5.74, 6) is 0.930. The first-order chi connectivity index (χ1) is 12.6. The van der Waals surface area contributed by atoms with E-state index in [0.29, 0.717) is 50.2 Å². The molecule has 0 radical (unpaired) electrons. The highest BCUT2D eigenvalue weighted by Crippen LogP contribution is 2.23. The minimum atomic E-state index is 0. The highest BCUT2D eigenvalue weighted by molar-refractivity contribution is 5.90. The van der Waals surface area contributed by atoms with E-state index in [4.69, 9.17) is 4.74 Å². The summed E-state index contributed by atoms with van der Waals surface area (Å²) in [5.41, 5.74) is 0.638. The molecule has 3 rings (SSSR count). The van der Waals surface area contributed by atoms with Crippen molar-refractivity contribution >= 4 is 29.9 Å². The lowest BCUT2D eigenvalue weighted by Crippen LogP contribution is -2.42. The Hall–Kier alpha value is -1.64. The number of morpholine rings is 1. The van der Waals surface area contributed by atoms with E-state index >= 15 is 0 Å². The number of carbonyl (C=O) groups excluding carboxylic acids is 2. The Labute approximate surface area is 166 Å². The fraction of sp³-hybridized carbons (Fsp3) is 0.722. The maximum Gasteiger partial charge on any atom is 0.244 e. The zero-order chi connectivity index (χ0) is 18.4. The average molecular weight is 400 g/mol. The minimum absolute atomic E-state index is 0. The van der Waals surface area contributed by atoms with Gasteiger partial charge in [0.25, 0.3) is 0 Å². The van der Waals surface area contributed by atoms with Crippen molar-refractivity contribution in [2.24, 2.45) is 11.8 Å². The van der Waals surface area contributed by atoms with Crippen LogP contribution in [-0.4, -0.2) is 65.9 Å². The summed E-state index contributed by atoms with van der Waals surface area (Å²) >= 11 is 0. The van der Waals surface area contributed by atoms with Crippen LogP contribution in [0.5, 0.6) is 0 Å². The molecule has 2 aliphatic heterocycles. The van der Waals surface area contributed by atoms with Gasteiger partial charge in [0.2, 0.25) is 11.8 Å². The van der Waals surface area contributed by atoms with E-state index < -0.39 is 0 Å². The third-order valence-electron chi connectivity index (χ3n) is 5.23. The van der Waals surface area contributed by atoms with Gasteiger partial charge in [-0.15, -0.1) is 12.4 Å². The summed E-state index contributed by atoms with van der Waals surface area (Å²) in [6.45, 7) is 6.81. The molecule has 1 aromatic heterocycles. The molecule has 2 aliphatic rings. The van der Waals surface area contributed by atoms with Crippen LogP contribution in [0.1, 0.15) is 26.2 Å². The van der Waals surface area contributed by atoms with Crippen molar-refractivity contribution in [1.82, 2.24) is 20.0 Å². The second kappa shape index (κ2) is 10.6. The van der Waals surface area contributed by atoms with E-state index in [0.717, 1.165) is 13.1 Å².